The highest BCUT2D eigenvalue weighted by Gasteiger charge is 2.35. The van der Waals surface area contributed by atoms with Gasteiger partial charge in [-0.15, -0.1) is 0 Å². The quantitative estimate of drug-likeness (QED) is 0.232. The Morgan fingerprint density at radius 1 is 0.903 bits per heavy atom. The average molecular weight is 450 g/mol. The third-order valence-corrected chi connectivity index (χ3v) is 4.53. The molecule has 0 aliphatic heterocycles. The number of ketones is 1. The molecule has 0 bridgehead atoms. The first-order valence-electron chi connectivity index (χ1n) is 9.77. The molecule has 0 saturated carbocycles. The molecule has 0 aliphatic carbocycles. The molecule has 7 nitrogen and oxygen atoms in total. The second kappa shape index (κ2) is 13.5. The molecule has 2 unspecified atom stereocenters. The fraction of sp³-hybridized carbons (Fsp3) is 0.391. The maximum Gasteiger partial charge on any atom is 0.321 e. The Bertz CT molecular complexity index is 827. The molecule has 2 aromatic carbocycles. The third kappa shape index (κ3) is 7.14. The number of methoxy groups -OCH3 is 3. The molecule has 2 aromatic rings. The molecule has 2 rings (SSSR count). The number of hydrogen-bond donors (Lipinski definition) is 0. The first kappa shape index (κ1) is 26.2. The van der Waals surface area contributed by atoms with Crippen LogP contribution in [0.2, 0.25) is 0 Å². The van der Waals surface area contributed by atoms with Crippen LogP contribution in [-0.2, 0) is 14.1 Å². The average Bonchev–Trinajstić information content (AvgIpc) is 2.79. The lowest BCUT2D eigenvalue weighted by molar-refractivity contribution is -0.144. The molecule has 0 radical (unpaired) electrons. The molecule has 31 heavy (non-hydrogen) atoms. The number of ether oxygens (including phenoxy) is 4. The highest BCUT2D eigenvalue weighted by molar-refractivity contribution is 7.00. The van der Waals surface area contributed by atoms with Crippen molar-refractivity contribution in [1.29, 1.82) is 0 Å². The zero-order chi connectivity index (χ0) is 23.4. The predicted octanol–water partition coefficient (Wildman–Crippen LogP) is 4.21. The maximum absolute atomic E-state index is 13.5. The van der Waals surface area contributed by atoms with Gasteiger partial charge in [0.25, 0.3) is 0 Å². The molecule has 2 atom stereocenters. The van der Waals surface area contributed by atoms with Crippen molar-refractivity contribution in [3.8, 4) is 17.2 Å². The summed E-state index contributed by atoms with van der Waals surface area (Å²) in [6.07, 6.45) is 0.719. The first-order chi connectivity index (χ1) is 14.9. The zero-order valence-electron chi connectivity index (χ0n) is 18.7. The largest absolute Gasteiger partial charge is 0.496 e. The van der Waals surface area contributed by atoms with E-state index < -0.39 is 17.7 Å². The molecule has 0 spiro atoms. The van der Waals surface area contributed by atoms with Crippen LogP contribution in [0.15, 0.2) is 42.5 Å². The highest BCUT2D eigenvalue weighted by atomic mass is 31.0. The number of carbonyl (C=O) groups excluding carboxylic acids is 2. The number of benzene rings is 2. The van der Waals surface area contributed by atoms with Gasteiger partial charge in [0.1, 0.15) is 28.7 Å². The standard InChI is InChI=1S/C23H28O6.H3OP/c1-15(2)11-12-29-23(25)20(16-9-7-6-8-10-16)22(24)21-18(27-4)13-17(26-3)14-19(21)28-5;1-2/h6-10,13-15,20H,11-12H2,1-5H3;2H3. The lowest BCUT2D eigenvalue weighted by Crippen LogP contribution is -2.26. The minimum absolute atomic E-state index is 0.172. The number of hydrogen-bond acceptors (Lipinski definition) is 7. The van der Waals surface area contributed by atoms with E-state index in [0.29, 0.717) is 26.4 Å². The topological polar surface area (TPSA) is 88.1 Å². The second-order valence-corrected chi connectivity index (χ2v) is 6.96. The van der Waals surface area contributed by atoms with Crippen LogP contribution < -0.4 is 14.2 Å². The second-order valence-electron chi connectivity index (χ2n) is 6.96. The molecular formula is C23H31O7P. The van der Waals surface area contributed by atoms with Crippen LogP contribution in [0, 0.1) is 5.92 Å². The normalized spacial score (nSPS) is 11.2. The number of esters is 1. The number of carbonyl (C=O) groups is 2. The van der Waals surface area contributed by atoms with E-state index >= 15 is 0 Å². The monoisotopic (exact) mass is 450 g/mol. The summed E-state index contributed by atoms with van der Waals surface area (Å²) in [5.41, 5.74) is 0.720. The van der Waals surface area contributed by atoms with Crippen LogP contribution in [0.1, 0.15) is 42.1 Å². The van der Waals surface area contributed by atoms with E-state index in [1.165, 1.54) is 21.3 Å². The van der Waals surface area contributed by atoms with Gasteiger partial charge < -0.3 is 23.5 Å². The van der Waals surface area contributed by atoms with Crippen molar-refractivity contribution in [2.24, 2.45) is 5.92 Å². The fourth-order valence-corrected chi connectivity index (χ4v) is 2.91. The minimum Gasteiger partial charge on any atom is -0.496 e. The molecule has 0 N–H and O–H groups in total. The van der Waals surface area contributed by atoms with E-state index in [2.05, 4.69) is 0 Å². The maximum atomic E-state index is 13.5. The van der Waals surface area contributed by atoms with E-state index in [0.717, 1.165) is 6.42 Å². The van der Waals surface area contributed by atoms with E-state index in [4.69, 9.17) is 23.5 Å². The molecule has 0 fully saturated rings. The Hall–Kier alpha value is -2.79. The lowest BCUT2D eigenvalue weighted by atomic mass is 9.89. The number of Topliss-reactive ketones (excluding diaryl/α,β-unsaturated/α-hetero) is 1. The SMILES string of the molecule is COc1cc(OC)c(C(=O)C(C(=O)OCCC(C)C)c2ccccc2)c(OC)c1.O=[PH3]. The smallest absolute Gasteiger partial charge is 0.321 e. The van der Waals surface area contributed by atoms with E-state index in [-0.39, 0.29) is 23.7 Å². The summed E-state index contributed by atoms with van der Waals surface area (Å²) in [5, 5.41) is 0. The van der Waals surface area contributed by atoms with Crippen molar-refractivity contribution in [3.05, 3.63) is 53.6 Å². The van der Waals surface area contributed by atoms with Gasteiger partial charge in [0.05, 0.1) is 37.1 Å². The van der Waals surface area contributed by atoms with Gasteiger partial charge in [0, 0.05) is 12.1 Å². The van der Waals surface area contributed by atoms with Gasteiger partial charge >= 0.3 is 5.97 Å². The molecule has 0 aliphatic rings. The van der Waals surface area contributed by atoms with E-state index in [1.54, 1.807) is 36.4 Å². The van der Waals surface area contributed by atoms with Crippen LogP contribution in [0.5, 0.6) is 17.2 Å². The Labute approximate surface area is 185 Å². The summed E-state index contributed by atoms with van der Waals surface area (Å²) in [7, 11) is 5.02. The summed E-state index contributed by atoms with van der Waals surface area (Å²) >= 11 is 0. The predicted molar refractivity (Wildman–Crippen MR) is 122 cm³/mol. The highest BCUT2D eigenvalue weighted by Crippen LogP contribution is 2.37. The van der Waals surface area contributed by atoms with Crippen LogP contribution in [0.4, 0.5) is 0 Å². The van der Waals surface area contributed by atoms with Gasteiger partial charge in [-0.25, -0.2) is 0 Å². The van der Waals surface area contributed by atoms with Crippen molar-refractivity contribution < 1.29 is 33.1 Å². The van der Waals surface area contributed by atoms with Crippen molar-refractivity contribution in [2.45, 2.75) is 26.2 Å². The Morgan fingerprint density at radius 3 is 1.90 bits per heavy atom. The van der Waals surface area contributed by atoms with Gasteiger partial charge in [0.15, 0.2) is 5.78 Å². The van der Waals surface area contributed by atoms with Crippen LogP contribution >= 0.6 is 9.12 Å². The molecule has 0 heterocycles. The number of rotatable bonds is 10. The van der Waals surface area contributed by atoms with E-state index in [1.807, 2.05) is 19.9 Å². The summed E-state index contributed by atoms with van der Waals surface area (Å²) in [6, 6.07) is 12.0. The third-order valence-electron chi connectivity index (χ3n) is 4.53. The fourth-order valence-electron chi connectivity index (χ4n) is 2.91. The van der Waals surface area contributed by atoms with Crippen molar-refractivity contribution in [3.63, 3.8) is 0 Å². The van der Waals surface area contributed by atoms with Gasteiger partial charge in [0.2, 0.25) is 0 Å². The van der Waals surface area contributed by atoms with Gasteiger partial charge in [-0.1, -0.05) is 44.2 Å². The van der Waals surface area contributed by atoms with Crippen LogP contribution in [-0.4, -0.2) is 39.7 Å². The summed E-state index contributed by atoms with van der Waals surface area (Å²) in [6.45, 7) is 4.34. The minimum atomic E-state index is -1.13. The van der Waals surface area contributed by atoms with Gasteiger partial charge in [-0.05, 0) is 17.9 Å². The van der Waals surface area contributed by atoms with Crippen LogP contribution in [0.25, 0.3) is 0 Å². The summed E-state index contributed by atoms with van der Waals surface area (Å²) in [5.74, 6) is -0.783. The van der Waals surface area contributed by atoms with E-state index in [9.17, 15) is 9.59 Å². The van der Waals surface area contributed by atoms with Gasteiger partial charge in [-0.3, -0.25) is 9.59 Å². The summed E-state index contributed by atoms with van der Waals surface area (Å²) in [4.78, 5) is 26.5. The molecule has 0 amide bonds. The van der Waals surface area contributed by atoms with Crippen molar-refractivity contribution in [1.82, 2.24) is 0 Å². The Balaban J connectivity index is 0.00000233. The molecular weight excluding hydrogens is 419 g/mol. The molecule has 0 saturated heterocycles. The first-order valence-corrected chi connectivity index (χ1v) is 10.3. The summed E-state index contributed by atoms with van der Waals surface area (Å²) < 4.78 is 29.7. The Kier molecular flexibility index (Phi) is 11.4. The van der Waals surface area contributed by atoms with Crippen LogP contribution in [0.3, 0.4) is 0 Å². The van der Waals surface area contributed by atoms with Gasteiger partial charge in [-0.2, -0.15) is 0 Å². The molecule has 8 heteroatoms. The zero-order valence-corrected chi connectivity index (χ0v) is 20.1. The lowest BCUT2D eigenvalue weighted by Gasteiger charge is -2.19. The molecule has 170 valence electrons. The van der Waals surface area contributed by atoms with Crippen molar-refractivity contribution >= 4 is 20.9 Å². The Morgan fingerprint density at radius 2 is 1.45 bits per heavy atom. The van der Waals surface area contributed by atoms with Crippen molar-refractivity contribution in [2.75, 3.05) is 27.9 Å². The molecule has 0 aromatic heterocycles.